The van der Waals surface area contributed by atoms with E-state index >= 15 is 0 Å². The number of carbonyl (C=O) groups excluding carboxylic acids is 1. The molecule has 1 N–H and O–H groups in total. The van der Waals surface area contributed by atoms with Gasteiger partial charge in [-0.3, -0.25) is 0 Å². The van der Waals surface area contributed by atoms with Crippen LogP contribution in [0.4, 0.5) is 10.5 Å². The molecule has 0 bridgehead atoms. The van der Waals surface area contributed by atoms with Gasteiger partial charge >= 0.3 is 6.03 Å². The van der Waals surface area contributed by atoms with Gasteiger partial charge in [0.25, 0.3) is 0 Å². The molecule has 0 aliphatic rings. The van der Waals surface area contributed by atoms with Crippen LogP contribution in [0.5, 0.6) is 11.5 Å². The second kappa shape index (κ2) is 11.3. The lowest BCUT2D eigenvalue weighted by Gasteiger charge is -2.19. The van der Waals surface area contributed by atoms with Crippen LogP contribution in [-0.2, 0) is 12.2 Å². The molecule has 0 atom stereocenters. The van der Waals surface area contributed by atoms with Crippen LogP contribution in [-0.4, -0.2) is 43.7 Å². The van der Waals surface area contributed by atoms with Gasteiger partial charge in [-0.2, -0.15) is 0 Å². The van der Waals surface area contributed by atoms with E-state index in [-0.39, 0.29) is 6.03 Å². The first-order valence-corrected chi connectivity index (χ1v) is 10.9. The number of thioether (sulfide) groups is 1. The van der Waals surface area contributed by atoms with Crippen LogP contribution in [0, 0.1) is 0 Å². The molecule has 1 heterocycles. The predicted molar refractivity (Wildman–Crippen MR) is 125 cm³/mol. The van der Waals surface area contributed by atoms with Gasteiger partial charge in [-0.25, -0.2) is 9.78 Å². The molecule has 0 aliphatic heterocycles. The summed E-state index contributed by atoms with van der Waals surface area (Å²) in [4.78, 5) is 18.6. The van der Waals surface area contributed by atoms with E-state index in [2.05, 4.69) is 10.3 Å². The average molecular weight is 438 g/mol. The number of carbonyl (C=O) groups is 1. The van der Waals surface area contributed by atoms with E-state index < -0.39 is 0 Å². The molecule has 162 valence electrons. The quantitative estimate of drug-likeness (QED) is 0.472. The number of urea groups is 1. The van der Waals surface area contributed by atoms with Crippen molar-refractivity contribution < 1.29 is 14.3 Å². The number of hydrogen-bond acceptors (Lipinski definition) is 5. The van der Waals surface area contributed by atoms with Gasteiger partial charge in [0.2, 0.25) is 0 Å². The highest BCUT2D eigenvalue weighted by Gasteiger charge is 2.11. The fourth-order valence-electron chi connectivity index (χ4n) is 2.98. The molecule has 3 aromatic rings. The Morgan fingerprint density at radius 2 is 1.84 bits per heavy atom. The van der Waals surface area contributed by atoms with E-state index in [4.69, 9.17) is 9.47 Å². The van der Waals surface area contributed by atoms with Crippen LogP contribution in [0.3, 0.4) is 0 Å². The van der Waals surface area contributed by atoms with Crippen molar-refractivity contribution in [2.45, 2.75) is 17.2 Å². The van der Waals surface area contributed by atoms with Crippen molar-refractivity contribution in [3.05, 3.63) is 78.0 Å². The maximum Gasteiger partial charge on any atom is 0.321 e. The molecule has 2 amide bonds. The van der Waals surface area contributed by atoms with Crippen LogP contribution >= 0.6 is 11.8 Å². The summed E-state index contributed by atoms with van der Waals surface area (Å²) in [5, 5.41) is 3.95. The molecule has 3 rings (SSSR count). The number of rotatable bonds is 9. The summed E-state index contributed by atoms with van der Waals surface area (Å²) in [5.74, 6) is 2.17. The van der Waals surface area contributed by atoms with Gasteiger partial charge in [0, 0.05) is 31.2 Å². The van der Waals surface area contributed by atoms with Gasteiger partial charge in [-0.1, -0.05) is 24.3 Å². The van der Waals surface area contributed by atoms with Crippen LogP contribution in [0.2, 0.25) is 0 Å². The van der Waals surface area contributed by atoms with E-state index in [0.717, 1.165) is 27.6 Å². The van der Waals surface area contributed by atoms with E-state index in [9.17, 15) is 4.79 Å². The Hall–Kier alpha value is -3.19. The van der Waals surface area contributed by atoms with Gasteiger partial charge in [-0.15, -0.1) is 11.8 Å². The first kappa shape index (κ1) is 22.5. The smallest absolute Gasteiger partial charge is 0.321 e. The molecule has 0 saturated carbocycles. The molecule has 0 saturated heterocycles. The third kappa shape index (κ3) is 6.65. The number of likely N-dealkylation sites (N-methyl/N-ethyl adjacent to an activating group) is 1. The minimum atomic E-state index is -0.144. The van der Waals surface area contributed by atoms with Gasteiger partial charge < -0.3 is 19.7 Å². The monoisotopic (exact) mass is 437 g/mol. The van der Waals surface area contributed by atoms with Crippen molar-refractivity contribution in [3.63, 3.8) is 0 Å². The number of pyridine rings is 1. The molecule has 2 aromatic carbocycles. The number of benzene rings is 2. The molecule has 6 nitrogen and oxygen atoms in total. The lowest BCUT2D eigenvalue weighted by atomic mass is 10.1. The zero-order valence-electron chi connectivity index (χ0n) is 18.0. The normalized spacial score (nSPS) is 10.4. The Bertz CT molecular complexity index is 998. The Labute approximate surface area is 187 Å². The Balaban J connectivity index is 1.52. The first-order chi connectivity index (χ1) is 15.1. The van der Waals surface area contributed by atoms with Gasteiger partial charge in [-0.05, 0) is 53.9 Å². The van der Waals surface area contributed by atoms with E-state index in [1.54, 1.807) is 44.1 Å². The van der Waals surface area contributed by atoms with Crippen LogP contribution in [0.15, 0.2) is 71.9 Å². The van der Waals surface area contributed by atoms with Crippen molar-refractivity contribution in [1.82, 2.24) is 9.88 Å². The molecule has 0 aliphatic carbocycles. The molecule has 0 radical (unpaired) electrons. The molecule has 0 spiro atoms. The largest absolute Gasteiger partial charge is 0.493 e. The van der Waals surface area contributed by atoms with Crippen LogP contribution in [0.25, 0.3) is 0 Å². The van der Waals surface area contributed by atoms with E-state index in [1.807, 2.05) is 60.7 Å². The Kier molecular flexibility index (Phi) is 8.18. The number of hydrogen-bond donors (Lipinski definition) is 1. The Morgan fingerprint density at radius 1 is 1.00 bits per heavy atom. The van der Waals surface area contributed by atoms with Crippen LogP contribution < -0.4 is 14.8 Å². The summed E-state index contributed by atoms with van der Waals surface area (Å²) >= 11 is 1.67. The van der Waals surface area contributed by atoms with Gasteiger partial charge in [0.05, 0.1) is 19.2 Å². The first-order valence-electron chi connectivity index (χ1n) is 9.95. The van der Waals surface area contributed by atoms with Crippen molar-refractivity contribution >= 4 is 23.5 Å². The minimum absolute atomic E-state index is 0.144. The summed E-state index contributed by atoms with van der Waals surface area (Å²) in [6.45, 7) is 0.580. The maximum absolute atomic E-state index is 12.6. The van der Waals surface area contributed by atoms with E-state index in [0.29, 0.717) is 24.5 Å². The molecular weight excluding hydrogens is 410 g/mol. The number of nitrogens with zero attached hydrogens (tertiary/aromatic N) is 2. The second-order valence-corrected chi connectivity index (χ2v) is 7.94. The highest BCUT2D eigenvalue weighted by molar-refractivity contribution is 7.98. The SMILES string of the molecule is COc1ccc(CCN(C)C(=O)Nc2cccc(CSc3ccccn3)c2)cc1OC. The lowest BCUT2D eigenvalue weighted by molar-refractivity contribution is 0.223. The summed E-state index contributed by atoms with van der Waals surface area (Å²) < 4.78 is 10.6. The molecule has 0 unspecified atom stereocenters. The fraction of sp³-hybridized carbons (Fsp3) is 0.250. The minimum Gasteiger partial charge on any atom is -0.493 e. The number of nitrogens with one attached hydrogen (secondary N) is 1. The topological polar surface area (TPSA) is 63.7 Å². The second-order valence-electron chi connectivity index (χ2n) is 6.95. The molecular formula is C24H27N3O3S. The number of aromatic nitrogens is 1. The van der Waals surface area contributed by atoms with E-state index in [1.165, 1.54) is 0 Å². The number of ether oxygens (including phenoxy) is 2. The summed E-state index contributed by atoms with van der Waals surface area (Å²) in [6, 6.07) is 19.4. The zero-order chi connectivity index (χ0) is 22.1. The fourth-order valence-corrected chi connectivity index (χ4v) is 3.79. The predicted octanol–water partition coefficient (Wildman–Crippen LogP) is 5.10. The van der Waals surface area contributed by atoms with Gasteiger partial charge in [0.1, 0.15) is 0 Å². The van der Waals surface area contributed by atoms with Crippen molar-refractivity contribution in [2.75, 3.05) is 33.1 Å². The third-order valence-electron chi connectivity index (χ3n) is 4.73. The van der Waals surface area contributed by atoms with Crippen molar-refractivity contribution in [1.29, 1.82) is 0 Å². The average Bonchev–Trinajstić information content (AvgIpc) is 2.81. The highest BCUT2D eigenvalue weighted by atomic mass is 32.2. The molecule has 7 heteroatoms. The summed E-state index contributed by atoms with van der Waals surface area (Å²) in [7, 11) is 5.02. The number of anilines is 1. The molecule has 1 aromatic heterocycles. The maximum atomic E-state index is 12.6. The molecule has 0 fully saturated rings. The summed E-state index contributed by atoms with van der Waals surface area (Å²) in [5.41, 5.74) is 2.98. The zero-order valence-corrected chi connectivity index (χ0v) is 18.8. The number of methoxy groups -OCH3 is 2. The molecule has 31 heavy (non-hydrogen) atoms. The highest BCUT2D eigenvalue weighted by Crippen LogP contribution is 2.27. The standard InChI is InChI=1S/C24H27N3O3S/c1-27(14-12-18-10-11-21(29-2)22(16-18)30-3)24(28)26-20-8-6-7-19(15-20)17-31-23-9-4-5-13-25-23/h4-11,13,15-16H,12,14,17H2,1-3H3,(H,26,28). The van der Waals surface area contributed by atoms with Crippen LogP contribution in [0.1, 0.15) is 11.1 Å². The number of amides is 2. The van der Waals surface area contributed by atoms with Gasteiger partial charge in [0.15, 0.2) is 11.5 Å². The lowest BCUT2D eigenvalue weighted by Crippen LogP contribution is -2.33. The van der Waals surface area contributed by atoms with Crippen molar-refractivity contribution in [3.8, 4) is 11.5 Å². The summed E-state index contributed by atoms with van der Waals surface area (Å²) in [6.07, 6.45) is 2.50. The van der Waals surface area contributed by atoms with Crippen molar-refractivity contribution in [2.24, 2.45) is 0 Å². The Morgan fingerprint density at radius 3 is 2.58 bits per heavy atom. The third-order valence-corrected chi connectivity index (χ3v) is 5.75.